The van der Waals surface area contributed by atoms with E-state index in [0.29, 0.717) is 17.3 Å². The van der Waals surface area contributed by atoms with Crippen LogP contribution in [0, 0.1) is 19.7 Å². The van der Waals surface area contributed by atoms with Gasteiger partial charge < -0.3 is 19.3 Å². The molecule has 0 saturated heterocycles. The lowest BCUT2D eigenvalue weighted by atomic mass is 10.1. The van der Waals surface area contributed by atoms with Gasteiger partial charge in [-0.15, -0.1) is 0 Å². The number of hydrogen-bond donors (Lipinski definition) is 1. The zero-order valence-corrected chi connectivity index (χ0v) is 16.3. The second-order valence-electron chi connectivity index (χ2n) is 6.01. The molecule has 0 aliphatic rings. The van der Waals surface area contributed by atoms with Gasteiger partial charge in [-0.1, -0.05) is 22.8 Å². The molecule has 3 rings (SSSR count). The molecular formula is C20H18ClFN2O4. The fraction of sp³-hybridized carbons (Fsp3) is 0.200. The molecular weight excluding hydrogens is 387 g/mol. The number of aromatic nitrogens is 1. The van der Waals surface area contributed by atoms with Crippen LogP contribution in [0.2, 0.25) is 5.02 Å². The van der Waals surface area contributed by atoms with E-state index in [0.717, 1.165) is 11.3 Å². The molecule has 0 aliphatic heterocycles. The molecule has 0 atom stereocenters. The van der Waals surface area contributed by atoms with Crippen LogP contribution in [0.4, 0.5) is 10.1 Å². The summed E-state index contributed by atoms with van der Waals surface area (Å²) in [6.07, 6.45) is 0. The molecule has 0 aliphatic carbocycles. The SMILES string of the molecule is COc1cc(C(=O)Nc2cccc(Cl)c2F)ccc1OCc1c(C)noc1C. The Morgan fingerprint density at radius 2 is 2.04 bits per heavy atom. The highest BCUT2D eigenvalue weighted by molar-refractivity contribution is 6.31. The van der Waals surface area contributed by atoms with Gasteiger partial charge in [-0.3, -0.25) is 4.79 Å². The Balaban J connectivity index is 1.77. The molecule has 1 heterocycles. The lowest BCUT2D eigenvalue weighted by Gasteiger charge is -2.13. The Morgan fingerprint density at radius 3 is 2.71 bits per heavy atom. The largest absolute Gasteiger partial charge is 0.493 e. The van der Waals surface area contributed by atoms with Crippen molar-refractivity contribution in [3.63, 3.8) is 0 Å². The summed E-state index contributed by atoms with van der Waals surface area (Å²) in [5.74, 6) is 0.301. The molecule has 0 saturated carbocycles. The van der Waals surface area contributed by atoms with Crippen molar-refractivity contribution in [2.24, 2.45) is 0 Å². The molecule has 6 nitrogen and oxygen atoms in total. The average Bonchev–Trinajstić information content (AvgIpc) is 3.01. The van der Waals surface area contributed by atoms with E-state index in [1.807, 2.05) is 6.92 Å². The van der Waals surface area contributed by atoms with Crippen molar-refractivity contribution in [1.29, 1.82) is 0 Å². The van der Waals surface area contributed by atoms with Gasteiger partial charge in [-0.25, -0.2) is 4.39 Å². The highest BCUT2D eigenvalue weighted by Gasteiger charge is 2.16. The Hall–Kier alpha value is -3.06. The number of nitrogens with one attached hydrogen (secondary N) is 1. The number of aryl methyl sites for hydroxylation is 2. The number of anilines is 1. The summed E-state index contributed by atoms with van der Waals surface area (Å²) in [6, 6.07) is 9.06. The number of nitrogens with zero attached hydrogens (tertiary/aromatic N) is 1. The molecule has 0 spiro atoms. The Labute approximate surface area is 166 Å². The molecule has 0 radical (unpaired) electrons. The smallest absolute Gasteiger partial charge is 0.255 e. The van der Waals surface area contributed by atoms with E-state index in [2.05, 4.69) is 10.5 Å². The molecule has 1 N–H and O–H groups in total. The first kappa shape index (κ1) is 19.7. The van der Waals surface area contributed by atoms with Crippen molar-refractivity contribution in [1.82, 2.24) is 5.16 Å². The number of amides is 1. The molecule has 0 unspecified atom stereocenters. The van der Waals surface area contributed by atoms with Crippen molar-refractivity contribution in [3.05, 3.63) is 69.8 Å². The minimum absolute atomic E-state index is 0.00444. The fourth-order valence-electron chi connectivity index (χ4n) is 2.58. The molecule has 1 amide bonds. The van der Waals surface area contributed by atoms with Crippen molar-refractivity contribution in [3.8, 4) is 11.5 Å². The van der Waals surface area contributed by atoms with Crippen LogP contribution in [0.25, 0.3) is 0 Å². The van der Waals surface area contributed by atoms with Crippen molar-refractivity contribution >= 4 is 23.2 Å². The molecule has 1 aromatic heterocycles. The van der Waals surface area contributed by atoms with E-state index in [1.54, 1.807) is 25.1 Å². The molecule has 8 heteroatoms. The van der Waals surface area contributed by atoms with Gasteiger partial charge in [-0.05, 0) is 44.2 Å². The standard InChI is InChI=1S/C20H18ClFN2O4/c1-11-14(12(2)28-24-11)10-27-17-8-7-13(9-18(17)26-3)20(25)23-16-6-4-5-15(21)19(16)22/h4-9H,10H2,1-3H3,(H,23,25). The normalized spacial score (nSPS) is 10.6. The number of halogens is 2. The Kier molecular flexibility index (Phi) is 5.84. The van der Waals surface area contributed by atoms with Gasteiger partial charge in [-0.2, -0.15) is 0 Å². The first-order valence-electron chi connectivity index (χ1n) is 8.38. The fourth-order valence-corrected chi connectivity index (χ4v) is 2.76. The zero-order valence-electron chi connectivity index (χ0n) is 15.5. The van der Waals surface area contributed by atoms with Crippen LogP contribution in [0.3, 0.4) is 0 Å². The maximum Gasteiger partial charge on any atom is 0.255 e. The van der Waals surface area contributed by atoms with Crippen molar-refractivity contribution < 1.29 is 23.2 Å². The molecule has 146 valence electrons. The first-order chi connectivity index (χ1) is 13.4. The van der Waals surface area contributed by atoms with E-state index >= 15 is 0 Å². The van der Waals surface area contributed by atoms with Crippen LogP contribution >= 0.6 is 11.6 Å². The van der Waals surface area contributed by atoms with Crippen molar-refractivity contribution in [2.75, 3.05) is 12.4 Å². The van der Waals surface area contributed by atoms with E-state index in [1.165, 1.54) is 25.3 Å². The average molecular weight is 405 g/mol. The van der Waals surface area contributed by atoms with Crippen LogP contribution in [0.15, 0.2) is 40.9 Å². The number of ether oxygens (including phenoxy) is 2. The van der Waals surface area contributed by atoms with Crippen LogP contribution in [0.5, 0.6) is 11.5 Å². The third-order valence-corrected chi connectivity index (χ3v) is 4.47. The summed E-state index contributed by atoms with van der Waals surface area (Å²) in [4.78, 5) is 12.5. The second-order valence-corrected chi connectivity index (χ2v) is 6.42. The molecule has 3 aromatic rings. The number of carbonyl (C=O) groups is 1. The number of methoxy groups -OCH3 is 1. The van der Waals surface area contributed by atoms with E-state index < -0.39 is 11.7 Å². The van der Waals surface area contributed by atoms with Crippen molar-refractivity contribution in [2.45, 2.75) is 20.5 Å². The van der Waals surface area contributed by atoms with Crippen LogP contribution < -0.4 is 14.8 Å². The summed E-state index contributed by atoms with van der Waals surface area (Å²) in [6.45, 7) is 3.88. The first-order valence-corrected chi connectivity index (χ1v) is 8.76. The number of carbonyl (C=O) groups excluding carboxylic acids is 1. The van der Waals surface area contributed by atoms with E-state index in [-0.39, 0.29) is 22.9 Å². The van der Waals surface area contributed by atoms with Gasteiger partial charge in [0.25, 0.3) is 5.91 Å². The molecule has 28 heavy (non-hydrogen) atoms. The number of benzene rings is 2. The Morgan fingerprint density at radius 1 is 1.25 bits per heavy atom. The summed E-state index contributed by atoms with van der Waals surface area (Å²) in [5, 5.41) is 6.30. The monoisotopic (exact) mass is 404 g/mol. The third kappa shape index (κ3) is 4.09. The van der Waals surface area contributed by atoms with Gasteiger partial charge >= 0.3 is 0 Å². The van der Waals surface area contributed by atoms with Gasteiger partial charge in [0, 0.05) is 5.56 Å². The zero-order chi connectivity index (χ0) is 20.3. The Bertz CT molecular complexity index is 1000. The predicted molar refractivity (Wildman–Crippen MR) is 103 cm³/mol. The van der Waals surface area contributed by atoms with E-state index in [4.69, 9.17) is 25.6 Å². The number of hydrogen-bond acceptors (Lipinski definition) is 5. The minimum Gasteiger partial charge on any atom is -0.493 e. The summed E-state index contributed by atoms with van der Waals surface area (Å²) in [7, 11) is 1.47. The maximum atomic E-state index is 14.0. The van der Waals surface area contributed by atoms with Gasteiger partial charge in [0.15, 0.2) is 17.3 Å². The molecule has 0 fully saturated rings. The number of rotatable bonds is 6. The molecule has 0 bridgehead atoms. The summed E-state index contributed by atoms with van der Waals surface area (Å²) >= 11 is 5.74. The van der Waals surface area contributed by atoms with Gasteiger partial charge in [0.05, 0.1) is 29.1 Å². The molecule has 2 aromatic carbocycles. The summed E-state index contributed by atoms with van der Waals surface area (Å²) in [5.41, 5.74) is 1.87. The minimum atomic E-state index is -0.691. The predicted octanol–water partition coefficient (Wildman–Crippen LogP) is 4.92. The lowest BCUT2D eigenvalue weighted by Crippen LogP contribution is -2.13. The van der Waals surface area contributed by atoms with E-state index in [9.17, 15) is 9.18 Å². The highest BCUT2D eigenvalue weighted by Crippen LogP contribution is 2.30. The van der Waals surface area contributed by atoms with Crippen LogP contribution in [-0.2, 0) is 6.61 Å². The van der Waals surface area contributed by atoms with Crippen LogP contribution in [0.1, 0.15) is 27.4 Å². The van der Waals surface area contributed by atoms with Crippen LogP contribution in [-0.4, -0.2) is 18.2 Å². The van der Waals surface area contributed by atoms with Gasteiger partial charge in [0.2, 0.25) is 0 Å². The quantitative estimate of drug-likeness (QED) is 0.631. The summed E-state index contributed by atoms with van der Waals surface area (Å²) < 4.78 is 30.2. The topological polar surface area (TPSA) is 73.6 Å². The highest BCUT2D eigenvalue weighted by atomic mass is 35.5. The third-order valence-electron chi connectivity index (χ3n) is 4.18. The lowest BCUT2D eigenvalue weighted by molar-refractivity contribution is 0.102. The van der Waals surface area contributed by atoms with Gasteiger partial charge in [0.1, 0.15) is 12.4 Å². The maximum absolute atomic E-state index is 14.0. The second kappa shape index (κ2) is 8.31.